The van der Waals surface area contributed by atoms with E-state index in [1.165, 1.54) is 0 Å². The van der Waals surface area contributed by atoms with Crippen molar-refractivity contribution in [3.8, 4) is 0 Å². The Kier molecular flexibility index (Phi) is 5.07. The molecule has 0 spiro atoms. The average molecular weight is 303 g/mol. The summed E-state index contributed by atoms with van der Waals surface area (Å²) in [6.45, 7) is 6.21. The predicted molar refractivity (Wildman–Crippen MR) is 88.9 cm³/mol. The van der Waals surface area contributed by atoms with Gasteiger partial charge in [-0.05, 0) is 18.4 Å². The minimum absolute atomic E-state index is 0.320. The maximum atomic E-state index is 11.8. The molecule has 1 aliphatic heterocycles. The fourth-order valence-electron chi connectivity index (χ4n) is 2.16. The van der Waals surface area contributed by atoms with Crippen LogP contribution in [0.25, 0.3) is 0 Å². The monoisotopic (exact) mass is 303 g/mol. The Bertz CT molecular complexity index is 578. The summed E-state index contributed by atoms with van der Waals surface area (Å²) in [6.07, 6.45) is 0. The lowest BCUT2D eigenvalue weighted by Gasteiger charge is -2.25. The van der Waals surface area contributed by atoms with Crippen LogP contribution < -0.4 is 11.1 Å². The average Bonchev–Trinajstić information content (AvgIpc) is 2.45. The quantitative estimate of drug-likeness (QED) is 0.898. The van der Waals surface area contributed by atoms with E-state index in [1.54, 1.807) is 11.8 Å². The van der Waals surface area contributed by atoms with Crippen molar-refractivity contribution >= 4 is 22.8 Å². The van der Waals surface area contributed by atoms with E-state index in [1.807, 2.05) is 37.3 Å². The molecule has 0 aliphatic carbocycles. The highest BCUT2D eigenvalue weighted by Crippen LogP contribution is 2.31. The number of carbonyl (C=O) groups is 1. The summed E-state index contributed by atoms with van der Waals surface area (Å²) in [5.41, 5.74) is 7.85. The number of nitrogens with two attached hydrogens (primary N) is 1. The van der Waals surface area contributed by atoms with Crippen molar-refractivity contribution in [2.45, 2.75) is 26.8 Å². The van der Waals surface area contributed by atoms with Gasteiger partial charge in [0.15, 0.2) is 5.17 Å². The largest absolute Gasteiger partial charge is 0.366 e. The standard InChI is InChI=1S/C16H21N3OS/c1-10(2)9-21-16-18-11(3)13(15(17)20)14(19-16)12-7-5-4-6-8-12/h4-8,10,14H,9H2,1-3H3,(H2,17,20)(H,18,19)/t14-/m0/s1. The van der Waals surface area contributed by atoms with Crippen LogP contribution in [0, 0.1) is 5.92 Å². The lowest BCUT2D eigenvalue weighted by Crippen LogP contribution is -2.32. The van der Waals surface area contributed by atoms with Gasteiger partial charge in [0.2, 0.25) is 5.91 Å². The van der Waals surface area contributed by atoms with E-state index in [-0.39, 0.29) is 6.04 Å². The Labute approximate surface area is 129 Å². The van der Waals surface area contributed by atoms with Crippen LogP contribution in [0.15, 0.2) is 46.6 Å². The van der Waals surface area contributed by atoms with Gasteiger partial charge in [-0.3, -0.25) is 4.79 Å². The first kappa shape index (κ1) is 15.6. The van der Waals surface area contributed by atoms with Gasteiger partial charge in [-0.15, -0.1) is 0 Å². The van der Waals surface area contributed by atoms with Crippen LogP contribution in [0.5, 0.6) is 0 Å². The summed E-state index contributed by atoms with van der Waals surface area (Å²) in [5.74, 6) is 1.13. The van der Waals surface area contributed by atoms with Gasteiger partial charge in [-0.2, -0.15) is 0 Å². The van der Waals surface area contributed by atoms with E-state index in [0.717, 1.165) is 22.2 Å². The van der Waals surface area contributed by atoms with Gasteiger partial charge >= 0.3 is 0 Å². The van der Waals surface area contributed by atoms with Crippen LogP contribution >= 0.6 is 11.8 Å². The molecule has 1 amide bonds. The number of amidine groups is 1. The van der Waals surface area contributed by atoms with Crippen molar-refractivity contribution in [1.29, 1.82) is 0 Å². The first-order valence-corrected chi connectivity index (χ1v) is 8.00. The molecule has 1 aromatic rings. The molecule has 0 unspecified atom stereocenters. The number of allylic oxidation sites excluding steroid dienone is 1. The summed E-state index contributed by atoms with van der Waals surface area (Å²) in [7, 11) is 0. The summed E-state index contributed by atoms with van der Waals surface area (Å²) in [4.78, 5) is 16.5. The number of hydrogen-bond acceptors (Lipinski definition) is 4. The van der Waals surface area contributed by atoms with Crippen LogP contribution in [0.3, 0.4) is 0 Å². The molecule has 0 saturated heterocycles. The molecule has 0 aromatic heterocycles. The highest BCUT2D eigenvalue weighted by Gasteiger charge is 2.27. The molecule has 21 heavy (non-hydrogen) atoms. The number of nitrogens with one attached hydrogen (secondary N) is 1. The van der Waals surface area contributed by atoms with Crippen LogP contribution in [0.4, 0.5) is 0 Å². The van der Waals surface area contributed by atoms with Crippen LogP contribution in [-0.2, 0) is 4.79 Å². The fourth-order valence-corrected chi connectivity index (χ4v) is 3.06. The molecule has 1 aromatic carbocycles. The molecule has 1 heterocycles. The van der Waals surface area contributed by atoms with Gasteiger partial charge < -0.3 is 11.1 Å². The molecule has 0 bridgehead atoms. The van der Waals surface area contributed by atoms with Crippen molar-refractivity contribution in [2.24, 2.45) is 16.6 Å². The van der Waals surface area contributed by atoms with E-state index < -0.39 is 5.91 Å². The van der Waals surface area contributed by atoms with Crippen molar-refractivity contribution in [3.63, 3.8) is 0 Å². The zero-order chi connectivity index (χ0) is 15.4. The number of aliphatic imine (C=N–C) groups is 1. The molecule has 1 atom stereocenters. The number of primary amides is 1. The topological polar surface area (TPSA) is 67.5 Å². The van der Waals surface area contributed by atoms with Gasteiger partial charge in [0.25, 0.3) is 0 Å². The van der Waals surface area contributed by atoms with Gasteiger partial charge in [0.05, 0.1) is 5.57 Å². The molecule has 4 nitrogen and oxygen atoms in total. The Morgan fingerprint density at radius 1 is 1.38 bits per heavy atom. The molecule has 1 aliphatic rings. The molecule has 2 rings (SSSR count). The molecule has 5 heteroatoms. The zero-order valence-corrected chi connectivity index (χ0v) is 13.4. The van der Waals surface area contributed by atoms with Gasteiger partial charge in [0.1, 0.15) is 6.04 Å². The summed E-state index contributed by atoms with van der Waals surface area (Å²) in [5, 5.41) is 4.04. The Morgan fingerprint density at radius 2 is 2.05 bits per heavy atom. The number of hydrogen-bond donors (Lipinski definition) is 2. The first-order valence-electron chi connectivity index (χ1n) is 7.02. The maximum Gasteiger partial charge on any atom is 0.248 e. The summed E-state index contributed by atoms with van der Waals surface area (Å²) in [6, 6.07) is 9.47. The van der Waals surface area contributed by atoms with Gasteiger partial charge in [0, 0.05) is 11.4 Å². The van der Waals surface area contributed by atoms with E-state index in [0.29, 0.717) is 11.5 Å². The number of rotatable bonds is 4. The molecule has 3 N–H and O–H groups in total. The fraction of sp³-hybridized carbons (Fsp3) is 0.375. The minimum Gasteiger partial charge on any atom is -0.366 e. The molecule has 0 fully saturated rings. The number of thioether (sulfide) groups is 1. The second-order valence-corrected chi connectivity index (χ2v) is 6.49. The van der Waals surface area contributed by atoms with Crippen LogP contribution in [0.2, 0.25) is 0 Å². The lowest BCUT2D eigenvalue weighted by atomic mass is 9.96. The van der Waals surface area contributed by atoms with E-state index in [4.69, 9.17) is 5.73 Å². The second kappa shape index (κ2) is 6.80. The molecule has 0 radical (unpaired) electrons. The first-order chi connectivity index (χ1) is 9.99. The number of carbonyl (C=O) groups excluding carboxylic acids is 1. The van der Waals surface area contributed by atoms with E-state index in [9.17, 15) is 4.79 Å². The van der Waals surface area contributed by atoms with Crippen molar-refractivity contribution in [1.82, 2.24) is 5.32 Å². The molecular weight excluding hydrogens is 282 g/mol. The minimum atomic E-state index is -0.425. The highest BCUT2D eigenvalue weighted by molar-refractivity contribution is 8.13. The zero-order valence-electron chi connectivity index (χ0n) is 12.6. The molecule has 0 saturated carbocycles. The second-order valence-electron chi connectivity index (χ2n) is 5.48. The normalized spacial score (nSPS) is 18.5. The van der Waals surface area contributed by atoms with Crippen LogP contribution in [0.1, 0.15) is 32.4 Å². The third kappa shape index (κ3) is 3.88. The van der Waals surface area contributed by atoms with Crippen molar-refractivity contribution in [2.75, 3.05) is 5.75 Å². The summed E-state index contributed by atoms with van der Waals surface area (Å²) < 4.78 is 0. The Balaban J connectivity index is 2.33. The lowest BCUT2D eigenvalue weighted by molar-refractivity contribution is -0.114. The number of amides is 1. The predicted octanol–water partition coefficient (Wildman–Crippen LogP) is 2.84. The summed E-state index contributed by atoms with van der Waals surface area (Å²) >= 11 is 1.67. The highest BCUT2D eigenvalue weighted by atomic mass is 32.2. The molecule has 112 valence electrons. The van der Waals surface area contributed by atoms with Gasteiger partial charge in [-0.25, -0.2) is 4.99 Å². The molecular formula is C16H21N3OS. The third-order valence-electron chi connectivity index (χ3n) is 3.15. The third-order valence-corrected chi connectivity index (χ3v) is 4.47. The van der Waals surface area contributed by atoms with E-state index >= 15 is 0 Å². The smallest absolute Gasteiger partial charge is 0.248 e. The van der Waals surface area contributed by atoms with Gasteiger partial charge in [-0.1, -0.05) is 55.9 Å². The Morgan fingerprint density at radius 3 is 2.62 bits per heavy atom. The van der Waals surface area contributed by atoms with E-state index in [2.05, 4.69) is 24.2 Å². The Hall–Kier alpha value is -1.75. The van der Waals surface area contributed by atoms with Crippen LogP contribution in [-0.4, -0.2) is 16.8 Å². The van der Waals surface area contributed by atoms with Crippen molar-refractivity contribution < 1.29 is 4.79 Å². The number of benzene rings is 1. The maximum absolute atomic E-state index is 11.8. The number of nitrogens with zero attached hydrogens (tertiary/aromatic N) is 1. The SMILES string of the molecule is CC1=C(C(N)=O)[C@H](c2ccccc2)N=C(SCC(C)C)N1. The van der Waals surface area contributed by atoms with Crippen molar-refractivity contribution in [3.05, 3.63) is 47.2 Å².